The number of imidazole rings is 1. The molecule has 5 nitrogen and oxygen atoms in total. The van der Waals surface area contributed by atoms with Crippen LogP contribution in [0.5, 0.6) is 5.75 Å². The fourth-order valence-electron chi connectivity index (χ4n) is 2.97. The van der Waals surface area contributed by atoms with Crippen molar-refractivity contribution in [2.75, 3.05) is 6.61 Å². The van der Waals surface area contributed by atoms with E-state index < -0.39 is 0 Å². The highest BCUT2D eigenvalue weighted by atomic mass is 16.5. The Labute approximate surface area is 154 Å². The number of aromatic nitrogens is 2. The molecule has 2 aromatic carbocycles. The van der Waals surface area contributed by atoms with Gasteiger partial charge in [-0.15, -0.1) is 0 Å². The summed E-state index contributed by atoms with van der Waals surface area (Å²) < 4.78 is 8.07. The molecule has 26 heavy (non-hydrogen) atoms. The topological polar surface area (TPSA) is 56.2 Å². The molecule has 0 saturated carbocycles. The average Bonchev–Trinajstić information content (AvgIpc) is 3.00. The number of nitrogens with one attached hydrogen (secondary N) is 1. The number of hydrogen-bond acceptors (Lipinski definition) is 3. The fourth-order valence-corrected chi connectivity index (χ4v) is 2.97. The summed E-state index contributed by atoms with van der Waals surface area (Å²) in [7, 11) is 0. The van der Waals surface area contributed by atoms with Gasteiger partial charge >= 0.3 is 0 Å². The first-order valence-electron chi connectivity index (χ1n) is 9.08. The molecule has 0 bridgehead atoms. The number of amides is 1. The molecule has 0 radical (unpaired) electrons. The van der Waals surface area contributed by atoms with E-state index in [0.717, 1.165) is 34.6 Å². The number of benzene rings is 2. The number of hydrogen-bond donors (Lipinski definition) is 1. The largest absolute Gasteiger partial charge is 0.491 e. The van der Waals surface area contributed by atoms with Gasteiger partial charge in [-0.25, -0.2) is 4.98 Å². The molecular weight excluding hydrogens is 326 g/mol. The zero-order valence-electron chi connectivity index (χ0n) is 15.4. The second-order valence-corrected chi connectivity index (χ2v) is 6.31. The van der Waals surface area contributed by atoms with Crippen LogP contribution in [-0.2, 0) is 17.9 Å². The lowest BCUT2D eigenvalue weighted by atomic mass is 10.2. The van der Waals surface area contributed by atoms with Crippen LogP contribution >= 0.6 is 0 Å². The van der Waals surface area contributed by atoms with Crippen LogP contribution in [-0.4, -0.2) is 22.1 Å². The zero-order chi connectivity index (χ0) is 18.4. The third kappa shape index (κ3) is 4.23. The number of para-hydroxylation sites is 3. The first kappa shape index (κ1) is 18.0. The Morgan fingerprint density at radius 3 is 2.73 bits per heavy atom. The van der Waals surface area contributed by atoms with Gasteiger partial charge in [-0.3, -0.25) is 4.79 Å². The lowest BCUT2D eigenvalue weighted by Crippen LogP contribution is -2.24. The van der Waals surface area contributed by atoms with Crippen LogP contribution in [0.2, 0.25) is 0 Å². The van der Waals surface area contributed by atoms with Crippen LogP contribution in [0.15, 0.2) is 48.5 Å². The molecule has 0 fully saturated rings. The van der Waals surface area contributed by atoms with Gasteiger partial charge in [0, 0.05) is 6.42 Å². The zero-order valence-corrected chi connectivity index (χ0v) is 15.4. The van der Waals surface area contributed by atoms with Gasteiger partial charge in [-0.05, 0) is 37.1 Å². The van der Waals surface area contributed by atoms with E-state index in [9.17, 15) is 4.79 Å². The van der Waals surface area contributed by atoms with Crippen molar-refractivity contribution in [1.29, 1.82) is 0 Å². The highest BCUT2D eigenvalue weighted by molar-refractivity contribution is 5.77. The van der Waals surface area contributed by atoms with Gasteiger partial charge in [0.25, 0.3) is 0 Å². The molecule has 1 N–H and O–H groups in total. The van der Waals surface area contributed by atoms with E-state index >= 15 is 0 Å². The minimum atomic E-state index is 0.0577. The van der Waals surface area contributed by atoms with Crippen LogP contribution < -0.4 is 10.1 Å². The van der Waals surface area contributed by atoms with Crippen molar-refractivity contribution < 1.29 is 9.53 Å². The van der Waals surface area contributed by atoms with Crippen LogP contribution in [0.4, 0.5) is 0 Å². The molecule has 1 aromatic heterocycles. The Bertz CT molecular complexity index is 886. The molecule has 1 heterocycles. The molecule has 0 aliphatic heterocycles. The smallest absolute Gasteiger partial charge is 0.220 e. The molecule has 136 valence electrons. The highest BCUT2D eigenvalue weighted by Gasteiger charge is 2.11. The van der Waals surface area contributed by atoms with Crippen molar-refractivity contribution in [1.82, 2.24) is 14.9 Å². The van der Waals surface area contributed by atoms with E-state index in [1.54, 1.807) is 0 Å². The molecule has 1 amide bonds. The average molecular weight is 351 g/mol. The molecule has 0 spiro atoms. The maximum atomic E-state index is 11.8. The third-order valence-electron chi connectivity index (χ3n) is 4.32. The summed E-state index contributed by atoms with van der Waals surface area (Å²) >= 11 is 0. The van der Waals surface area contributed by atoms with Crippen molar-refractivity contribution in [2.45, 2.75) is 39.8 Å². The lowest BCUT2D eigenvalue weighted by molar-refractivity contribution is -0.121. The van der Waals surface area contributed by atoms with Crippen molar-refractivity contribution >= 4 is 16.9 Å². The van der Waals surface area contributed by atoms with Crippen molar-refractivity contribution in [3.05, 3.63) is 59.9 Å². The number of aryl methyl sites for hydroxylation is 1. The number of carbonyl (C=O) groups is 1. The summed E-state index contributed by atoms with van der Waals surface area (Å²) in [5.74, 6) is 1.81. The van der Waals surface area contributed by atoms with Crippen molar-refractivity contribution in [2.24, 2.45) is 0 Å². The first-order valence-corrected chi connectivity index (χ1v) is 9.08. The summed E-state index contributed by atoms with van der Waals surface area (Å²) in [4.78, 5) is 16.5. The van der Waals surface area contributed by atoms with Gasteiger partial charge in [-0.1, -0.05) is 37.3 Å². The highest BCUT2D eigenvalue weighted by Crippen LogP contribution is 2.18. The van der Waals surface area contributed by atoms with Crippen molar-refractivity contribution in [3.63, 3.8) is 0 Å². The number of fused-ring (bicyclic) bond motifs is 1. The van der Waals surface area contributed by atoms with Gasteiger partial charge in [-0.2, -0.15) is 0 Å². The van der Waals surface area contributed by atoms with E-state index in [1.807, 2.05) is 62.4 Å². The molecule has 3 rings (SSSR count). The second-order valence-electron chi connectivity index (χ2n) is 6.31. The Balaban J connectivity index is 1.73. The summed E-state index contributed by atoms with van der Waals surface area (Å²) in [6.07, 6.45) is 1.38. The molecule has 0 aliphatic rings. The molecule has 5 heteroatoms. The number of nitrogens with zero attached hydrogens (tertiary/aromatic N) is 2. The molecule has 0 atom stereocenters. The van der Waals surface area contributed by atoms with Crippen molar-refractivity contribution in [3.8, 4) is 5.75 Å². The minimum absolute atomic E-state index is 0.0577. The van der Waals surface area contributed by atoms with Crippen LogP contribution in [0.1, 0.15) is 31.2 Å². The number of ether oxygens (including phenoxy) is 1. The first-order chi connectivity index (χ1) is 12.7. The number of rotatable bonds is 8. The Morgan fingerprint density at radius 2 is 1.92 bits per heavy atom. The van der Waals surface area contributed by atoms with Crippen LogP contribution in [0.3, 0.4) is 0 Å². The van der Waals surface area contributed by atoms with Crippen LogP contribution in [0.25, 0.3) is 11.0 Å². The maximum absolute atomic E-state index is 11.8. The standard InChI is InChI=1S/C21H25N3O2/c1-3-8-21(25)22-15-20-23-17-10-5-6-11-18(17)24(20)13-14-26-19-12-7-4-9-16(19)2/h4-7,9-12H,3,8,13-15H2,1-2H3,(H,22,25). The SMILES string of the molecule is CCCC(=O)NCc1nc2ccccc2n1CCOc1ccccc1C. The van der Waals surface area contributed by atoms with E-state index in [0.29, 0.717) is 26.1 Å². The maximum Gasteiger partial charge on any atom is 0.220 e. The minimum Gasteiger partial charge on any atom is -0.491 e. The quantitative estimate of drug-likeness (QED) is 0.671. The van der Waals surface area contributed by atoms with Crippen LogP contribution in [0, 0.1) is 6.92 Å². The summed E-state index contributed by atoms with van der Waals surface area (Å²) in [6, 6.07) is 16.0. The van der Waals surface area contributed by atoms with Gasteiger partial charge in [0.15, 0.2) is 0 Å². The third-order valence-corrected chi connectivity index (χ3v) is 4.32. The van der Waals surface area contributed by atoms with Gasteiger partial charge in [0.05, 0.1) is 24.1 Å². The summed E-state index contributed by atoms with van der Waals surface area (Å²) in [6.45, 7) is 5.68. The van der Waals surface area contributed by atoms with Gasteiger partial charge < -0.3 is 14.6 Å². The Kier molecular flexibility index (Phi) is 5.89. The molecule has 0 saturated heterocycles. The Hall–Kier alpha value is -2.82. The Morgan fingerprint density at radius 1 is 1.15 bits per heavy atom. The van der Waals surface area contributed by atoms with Gasteiger partial charge in [0.2, 0.25) is 5.91 Å². The van der Waals surface area contributed by atoms with Gasteiger partial charge in [0.1, 0.15) is 18.2 Å². The predicted molar refractivity (Wildman–Crippen MR) is 103 cm³/mol. The van der Waals surface area contributed by atoms with E-state index in [1.165, 1.54) is 0 Å². The molecule has 0 aliphatic carbocycles. The lowest BCUT2D eigenvalue weighted by Gasteiger charge is -2.12. The second kappa shape index (κ2) is 8.52. The fraction of sp³-hybridized carbons (Fsp3) is 0.333. The normalized spacial score (nSPS) is 10.8. The molecule has 3 aromatic rings. The summed E-state index contributed by atoms with van der Waals surface area (Å²) in [5.41, 5.74) is 3.11. The molecule has 0 unspecified atom stereocenters. The summed E-state index contributed by atoms with van der Waals surface area (Å²) in [5, 5.41) is 2.96. The predicted octanol–water partition coefficient (Wildman–Crippen LogP) is 3.84. The number of carbonyl (C=O) groups excluding carboxylic acids is 1. The molecular formula is C21H25N3O2. The van der Waals surface area contributed by atoms with E-state index in [-0.39, 0.29) is 5.91 Å². The van der Waals surface area contributed by atoms with E-state index in [2.05, 4.69) is 14.9 Å². The van der Waals surface area contributed by atoms with E-state index in [4.69, 9.17) is 4.74 Å². The monoisotopic (exact) mass is 351 g/mol.